The van der Waals surface area contributed by atoms with Crippen LogP contribution in [0.4, 0.5) is 0 Å². The minimum absolute atomic E-state index is 0.0164. The summed E-state index contributed by atoms with van der Waals surface area (Å²) in [7, 11) is 1.60. The monoisotopic (exact) mass is 317 g/mol. The molecule has 0 aliphatic heterocycles. The Morgan fingerprint density at radius 3 is 2.78 bits per heavy atom. The first kappa shape index (κ1) is 17.4. The second-order valence-corrected chi connectivity index (χ2v) is 6.13. The van der Waals surface area contributed by atoms with E-state index in [9.17, 15) is 4.79 Å². The van der Waals surface area contributed by atoms with Gasteiger partial charge in [0.25, 0.3) is 5.91 Å². The first-order valence-electron chi connectivity index (χ1n) is 8.37. The van der Waals surface area contributed by atoms with Gasteiger partial charge in [0.05, 0.1) is 7.11 Å². The number of allylic oxidation sites excluding steroid dienone is 1. The molecule has 0 bridgehead atoms. The number of rotatable bonds is 6. The molecule has 1 aliphatic rings. The van der Waals surface area contributed by atoms with Crippen molar-refractivity contribution in [2.75, 3.05) is 13.7 Å². The van der Waals surface area contributed by atoms with Crippen LogP contribution in [0.15, 0.2) is 24.3 Å². The highest BCUT2D eigenvalue weighted by Gasteiger charge is 2.22. The SMILES string of the molecule is C/C=C/c1ccc(OCC(=O)N[C@H]2CCCC[C@@H]2C)c(OC)c1. The Labute approximate surface area is 138 Å². The molecular formula is C19H27NO3. The maximum Gasteiger partial charge on any atom is 0.258 e. The van der Waals surface area contributed by atoms with Crippen molar-refractivity contribution in [1.82, 2.24) is 5.32 Å². The van der Waals surface area contributed by atoms with Crippen molar-refractivity contribution in [2.45, 2.75) is 45.6 Å². The largest absolute Gasteiger partial charge is 0.493 e. The van der Waals surface area contributed by atoms with Crippen LogP contribution in [-0.2, 0) is 4.79 Å². The molecule has 4 nitrogen and oxygen atoms in total. The first-order valence-corrected chi connectivity index (χ1v) is 8.37. The molecule has 1 aromatic rings. The van der Waals surface area contributed by atoms with Gasteiger partial charge in [-0.15, -0.1) is 0 Å². The van der Waals surface area contributed by atoms with Gasteiger partial charge in [-0.05, 0) is 43.4 Å². The lowest BCUT2D eigenvalue weighted by Gasteiger charge is -2.29. The van der Waals surface area contributed by atoms with E-state index in [-0.39, 0.29) is 18.6 Å². The summed E-state index contributed by atoms with van der Waals surface area (Å²) in [4.78, 5) is 12.1. The van der Waals surface area contributed by atoms with Gasteiger partial charge in [-0.3, -0.25) is 4.79 Å². The number of hydrogen-bond acceptors (Lipinski definition) is 3. The number of methoxy groups -OCH3 is 1. The molecule has 0 saturated heterocycles. The van der Waals surface area contributed by atoms with Gasteiger partial charge in [0, 0.05) is 6.04 Å². The van der Waals surface area contributed by atoms with E-state index in [1.165, 1.54) is 19.3 Å². The lowest BCUT2D eigenvalue weighted by atomic mass is 9.86. The molecule has 4 heteroatoms. The molecule has 1 N–H and O–H groups in total. The van der Waals surface area contributed by atoms with Gasteiger partial charge in [-0.25, -0.2) is 0 Å². The van der Waals surface area contributed by atoms with Crippen LogP contribution in [0.5, 0.6) is 11.5 Å². The zero-order chi connectivity index (χ0) is 16.7. The van der Waals surface area contributed by atoms with E-state index in [0.29, 0.717) is 17.4 Å². The second kappa shape index (κ2) is 8.61. The van der Waals surface area contributed by atoms with Gasteiger partial charge in [0.1, 0.15) is 0 Å². The Balaban J connectivity index is 1.90. The molecule has 0 heterocycles. The normalized spacial score (nSPS) is 21.2. The molecule has 1 aromatic carbocycles. The molecule has 1 aliphatic carbocycles. The van der Waals surface area contributed by atoms with Gasteiger partial charge in [-0.2, -0.15) is 0 Å². The maximum absolute atomic E-state index is 12.1. The van der Waals surface area contributed by atoms with Gasteiger partial charge in [-0.1, -0.05) is 38.0 Å². The molecule has 126 valence electrons. The van der Waals surface area contributed by atoms with E-state index in [4.69, 9.17) is 9.47 Å². The number of benzene rings is 1. The summed E-state index contributed by atoms with van der Waals surface area (Å²) in [6.45, 7) is 4.18. The van der Waals surface area contributed by atoms with Gasteiger partial charge < -0.3 is 14.8 Å². The summed E-state index contributed by atoms with van der Waals surface area (Å²) >= 11 is 0. The Hall–Kier alpha value is -1.97. The number of nitrogens with one attached hydrogen (secondary N) is 1. The van der Waals surface area contributed by atoms with Crippen LogP contribution in [0, 0.1) is 5.92 Å². The molecular weight excluding hydrogens is 290 g/mol. The molecule has 23 heavy (non-hydrogen) atoms. The highest BCUT2D eigenvalue weighted by Crippen LogP contribution is 2.28. The zero-order valence-corrected chi connectivity index (χ0v) is 14.3. The van der Waals surface area contributed by atoms with Crippen molar-refractivity contribution in [2.24, 2.45) is 5.92 Å². The fourth-order valence-corrected chi connectivity index (χ4v) is 3.02. The van der Waals surface area contributed by atoms with Gasteiger partial charge in [0.15, 0.2) is 18.1 Å². The maximum atomic E-state index is 12.1. The second-order valence-electron chi connectivity index (χ2n) is 6.13. The summed E-state index contributed by atoms with van der Waals surface area (Å²) in [6, 6.07) is 5.96. The van der Waals surface area contributed by atoms with Crippen molar-refractivity contribution in [3.63, 3.8) is 0 Å². The zero-order valence-electron chi connectivity index (χ0n) is 14.3. The van der Waals surface area contributed by atoms with E-state index in [2.05, 4.69) is 12.2 Å². The Kier molecular flexibility index (Phi) is 6.51. The van der Waals surface area contributed by atoms with Crippen LogP contribution in [-0.4, -0.2) is 25.7 Å². The Morgan fingerprint density at radius 1 is 1.30 bits per heavy atom. The minimum Gasteiger partial charge on any atom is -0.493 e. The molecule has 1 fully saturated rings. The van der Waals surface area contributed by atoms with Crippen molar-refractivity contribution in [1.29, 1.82) is 0 Å². The van der Waals surface area contributed by atoms with Gasteiger partial charge >= 0.3 is 0 Å². The Morgan fingerprint density at radius 2 is 2.09 bits per heavy atom. The minimum atomic E-state index is -0.0664. The summed E-state index contributed by atoms with van der Waals surface area (Å²) in [5, 5.41) is 3.09. The van der Waals surface area contributed by atoms with E-state index < -0.39 is 0 Å². The molecule has 1 amide bonds. The molecule has 1 saturated carbocycles. The topological polar surface area (TPSA) is 47.6 Å². The number of carbonyl (C=O) groups excluding carboxylic acids is 1. The van der Waals surface area contributed by atoms with E-state index in [1.807, 2.05) is 37.3 Å². The average molecular weight is 317 g/mol. The fraction of sp³-hybridized carbons (Fsp3) is 0.526. The number of hydrogen-bond donors (Lipinski definition) is 1. The average Bonchev–Trinajstić information content (AvgIpc) is 2.56. The van der Waals surface area contributed by atoms with Crippen LogP contribution in [0.25, 0.3) is 6.08 Å². The summed E-state index contributed by atoms with van der Waals surface area (Å²) in [5.41, 5.74) is 1.04. The highest BCUT2D eigenvalue weighted by atomic mass is 16.5. The highest BCUT2D eigenvalue weighted by molar-refractivity contribution is 5.78. The first-order chi connectivity index (χ1) is 11.1. The third kappa shape index (κ3) is 5.02. The Bertz CT molecular complexity index is 554. The van der Waals surface area contributed by atoms with Crippen molar-refractivity contribution >= 4 is 12.0 Å². The summed E-state index contributed by atoms with van der Waals surface area (Å²) in [5.74, 6) is 1.71. The van der Waals surface area contributed by atoms with E-state index in [1.54, 1.807) is 7.11 Å². The molecule has 0 aromatic heterocycles. The lowest BCUT2D eigenvalue weighted by molar-refractivity contribution is -0.124. The molecule has 2 rings (SSSR count). The van der Waals surface area contributed by atoms with Crippen molar-refractivity contribution in [3.05, 3.63) is 29.8 Å². The number of carbonyl (C=O) groups is 1. The van der Waals surface area contributed by atoms with Crippen LogP contribution in [0.1, 0.15) is 45.1 Å². The fourth-order valence-electron chi connectivity index (χ4n) is 3.02. The molecule has 0 radical (unpaired) electrons. The summed E-state index contributed by atoms with van der Waals surface area (Å²) in [6.07, 6.45) is 8.66. The van der Waals surface area contributed by atoms with Crippen LogP contribution in [0.3, 0.4) is 0 Å². The van der Waals surface area contributed by atoms with E-state index >= 15 is 0 Å². The predicted molar refractivity (Wildman–Crippen MR) is 92.8 cm³/mol. The third-order valence-corrected chi connectivity index (χ3v) is 4.36. The lowest BCUT2D eigenvalue weighted by Crippen LogP contribution is -2.43. The van der Waals surface area contributed by atoms with Crippen LogP contribution >= 0.6 is 0 Å². The standard InChI is InChI=1S/C19H27NO3/c1-4-7-15-10-11-17(18(12-15)22-3)23-13-19(21)20-16-9-6-5-8-14(16)2/h4,7,10-12,14,16H,5-6,8-9,13H2,1-3H3,(H,20,21)/b7-4+/t14-,16-/m0/s1. The molecule has 0 spiro atoms. The van der Waals surface area contributed by atoms with Crippen LogP contribution < -0.4 is 14.8 Å². The smallest absolute Gasteiger partial charge is 0.258 e. The number of ether oxygens (including phenoxy) is 2. The summed E-state index contributed by atoms with van der Waals surface area (Å²) < 4.78 is 11.0. The van der Waals surface area contributed by atoms with Crippen molar-refractivity contribution in [3.8, 4) is 11.5 Å². The quantitative estimate of drug-likeness (QED) is 0.868. The molecule has 0 unspecified atom stereocenters. The van der Waals surface area contributed by atoms with E-state index in [0.717, 1.165) is 12.0 Å². The van der Waals surface area contributed by atoms with Crippen LogP contribution in [0.2, 0.25) is 0 Å². The molecule has 2 atom stereocenters. The van der Waals surface area contributed by atoms with Crippen molar-refractivity contribution < 1.29 is 14.3 Å². The van der Waals surface area contributed by atoms with Gasteiger partial charge in [0.2, 0.25) is 0 Å². The number of amides is 1. The third-order valence-electron chi connectivity index (χ3n) is 4.36. The predicted octanol–water partition coefficient (Wildman–Crippen LogP) is 3.80.